The average Bonchev–Trinajstić information content (AvgIpc) is 2.36. The Hall–Kier alpha value is -1.63. The summed E-state index contributed by atoms with van der Waals surface area (Å²) < 4.78 is 0. The van der Waals surface area contributed by atoms with E-state index in [-0.39, 0.29) is 0 Å². The topological polar surface area (TPSA) is 12.9 Å². The van der Waals surface area contributed by atoms with Gasteiger partial charge in [0, 0.05) is 11.3 Å². The molecule has 0 spiro atoms. The molecule has 0 atom stereocenters. The molecule has 0 aliphatic heterocycles. The molecule has 0 saturated heterocycles. The van der Waals surface area contributed by atoms with E-state index in [4.69, 9.17) is 4.98 Å². The molecule has 1 aromatic heterocycles. The summed E-state index contributed by atoms with van der Waals surface area (Å²) in [4.78, 5) is 4.82. The van der Waals surface area contributed by atoms with Crippen LogP contribution in [0.3, 0.4) is 0 Å². The van der Waals surface area contributed by atoms with Crippen molar-refractivity contribution in [3.8, 4) is 11.3 Å². The molecule has 0 unspecified atom stereocenters. The van der Waals surface area contributed by atoms with Crippen LogP contribution in [0.4, 0.5) is 0 Å². The third-order valence-electron chi connectivity index (χ3n) is 4.39. The van der Waals surface area contributed by atoms with Crippen LogP contribution in [-0.4, -0.2) is 4.98 Å². The number of benzene rings is 1. The summed E-state index contributed by atoms with van der Waals surface area (Å²) >= 11 is 0. The minimum absolute atomic E-state index is 1.12. The first kappa shape index (κ1) is 13.8. The summed E-state index contributed by atoms with van der Waals surface area (Å²) in [7, 11) is 0. The van der Waals surface area contributed by atoms with Crippen molar-refractivity contribution in [2.24, 2.45) is 0 Å². The van der Waals surface area contributed by atoms with Gasteiger partial charge in [0.15, 0.2) is 0 Å². The first-order valence-corrected chi connectivity index (χ1v) is 6.85. The van der Waals surface area contributed by atoms with Crippen molar-refractivity contribution in [3.63, 3.8) is 0 Å². The second-order valence-electron chi connectivity index (χ2n) is 5.67. The number of nitrogens with zero attached hydrogens (tertiary/aromatic N) is 1. The van der Waals surface area contributed by atoms with Crippen LogP contribution in [0.1, 0.15) is 39.1 Å². The number of aromatic nitrogens is 1. The van der Waals surface area contributed by atoms with Crippen molar-refractivity contribution in [1.29, 1.82) is 0 Å². The molecule has 1 heteroatoms. The lowest BCUT2D eigenvalue weighted by atomic mass is 9.91. The maximum absolute atomic E-state index is 4.82. The maximum atomic E-state index is 4.82. The van der Waals surface area contributed by atoms with Crippen LogP contribution in [0, 0.1) is 48.5 Å². The summed E-state index contributed by atoms with van der Waals surface area (Å²) in [5.41, 5.74) is 11.5. The highest BCUT2D eigenvalue weighted by molar-refractivity contribution is 5.70. The van der Waals surface area contributed by atoms with Gasteiger partial charge in [-0.3, -0.25) is 4.98 Å². The highest BCUT2D eigenvalue weighted by Crippen LogP contribution is 2.31. The van der Waals surface area contributed by atoms with Crippen LogP contribution >= 0.6 is 0 Å². The Bertz CT molecular complexity index is 651. The SMILES string of the molecule is Cc1cc(C)c(-c2cc(C)c(C)c(C)c2C)nc1C. The van der Waals surface area contributed by atoms with Crippen LogP contribution < -0.4 is 0 Å². The molecule has 1 nitrogen and oxygen atoms in total. The van der Waals surface area contributed by atoms with E-state index in [9.17, 15) is 0 Å². The van der Waals surface area contributed by atoms with Crippen molar-refractivity contribution in [1.82, 2.24) is 4.98 Å². The molecular formula is C18H23N. The lowest BCUT2D eigenvalue weighted by Gasteiger charge is -2.16. The molecule has 0 bridgehead atoms. The van der Waals surface area contributed by atoms with Crippen LogP contribution in [0.15, 0.2) is 12.1 Å². The molecule has 0 radical (unpaired) electrons. The van der Waals surface area contributed by atoms with Gasteiger partial charge in [0.1, 0.15) is 0 Å². The van der Waals surface area contributed by atoms with E-state index in [1.54, 1.807) is 0 Å². The molecule has 2 aromatic rings. The van der Waals surface area contributed by atoms with E-state index in [0.29, 0.717) is 0 Å². The van der Waals surface area contributed by atoms with Gasteiger partial charge in [-0.25, -0.2) is 0 Å². The van der Waals surface area contributed by atoms with Gasteiger partial charge in [0.2, 0.25) is 0 Å². The number of hydrogen-bond donors (Lipinski definition) is 0. The predicted molar refractivity (Wildman–Crippen MR) is 82.8 cm³/mol. The fourth-order valence-corrected chi connectivity index (χ4v) is 2.57. The number of pyridine rings is 1. The molecular weight excluding hydrogens is 230 g/mol. The zero-order chi connectivity index (χ0) is 14.3. The fraction of sp³-hybridized carbons (Fsp3) is 0.389. The Morgan fingerprint density at radius 2 is 1.26 bits per heavy atom. The predicted octanol–water partition coefficient (Wildman–Crippen LogP) is 4.91. The molecule has 2 rings (SSSR count). The molecule has 0 saturated carbocycles. The largest absolute Gasteiger partial charge is 0.253 e. The van der Waals surface area contributed by atoms with Gasteiger partial charge < -0.3 is 0 Å². The Morgan fingerprint density at radius 3 is 1.89 bits per heavy atom. The summed E-state index contributed by atoms with van der Waals surface area (Å²) in [6.45, 7) is 15.1. The summed E-state index contributed by atoms with van der Waals surface area (Å²) in [6, 6.07) is 4.52. The van der Waals surface area contributed by atoms with Crippen molar-refractivity contribution in [2.75, 3.05) is 0 Å². The van der Waals surface area contributed by atoms with E-state index >= 15 is 0 Å². The zero-order valence-corrected chi connectivity index (χ0v) is 13.1. The Balaban J connectivity index is 2.76. The highest BCUT2D eigenvalue weighted by atomic mass is 14.7. The first-order chi connectivity index (χ1) is 8.82. The third-order valence-corrected chi connectivity index (χ3v) is 4.39. The number of hydrogen-bond acceptors (Lipinski definition) is 1. The normalized spacial score (nSPS) is 10.9. The van der Waals surface area contributed by atoms with E-state index in [1.165, 1.54) is 38.9 Å². The monoisotopic (exact) mass is 253 g/mol. The molecule has 0 aliphatic carbocycles. The Labute approximate surface area is 116 Å². The van der Waals surface area contributed by atoms with E-state index in [1.807, 2.05) is 0 Å². The molecule has 1 heterocycles. The van der Waals surface area contributed by atoms with E-state index in [2.05, 4.69) is 60.6 Å². The standard InChI is InChI=1S/C18H23N/c1-10-9-17(15(6)14(5)13(10)4)18-12(3)8-11(2)16(7)19-18/h8-9H,1-7H3. The van der Waals surface area contributed by atoms with Crippen molar-refractivity contribution >= 4 is 0 Å². The zero-order valence-electron chi connectivity index (χ0n) is 13.1. The number of rotatable bonds is 1. The minimum atomic E-state index is 1.12. The Morgan fingerprint density at radius 1 is 0.632 bits per heavy atom. The second kappa shape index (κ2) is 4.80. The summed E-state index contributed by atoms with van der Waals surface area (Å²) in [6.07, 6.45) is 0. The van der Waals surface area contributed by atoms with Gasteiger partial charge in [0.05, 0.1) is 5.69 Å². The van der Waals surface area contributed by atoms with Gasteiger partial charge in [-0.05, 0) is 87.9 Å². The third kappa shape index (κ3) is 2.30. The maximum Gasteiger partial charge on any atom is 0.0737 e. The molecule has 0 N–H and O–H groups in total. The van der Waals surface area contributed by atoms with Gasteiger partial charge in [-0.15, -0.1) is 0 Å². The van der Waals surface area contributed by atoms with E-state index < -0.39 is 0 Å². The van der Waals surface area contributed by atoms with Crippen LogP contribution in [-0.2, 0) is 0 Å². The fourth-order valence-electron chi connectivity index (χ4n) is 2.57. The lowest BCUT2D eigenvalue weighted by Crippen LogP contribution is -2.00. The van der Waals surface area contributed by atoms with Crippen molar-refractivity contribution < 1.29 is 0 Å². The van der Waals surface area contributed by atoms with Gasteiger partial charge in [-0.2, -0.15) is 0 Å². The smallest absolute Gasteiger partial charge is 0.0737 e. The van der Waals surface area contributed by atoms with Gasteiger partial charge in [-0.1, -0.05) is 6.07 Å². The Kier molecular flexibility index (Phi) is 3.49. The van der Waals surface area contributed by atoms with Crippen LogP contribution in [0.5, 0.6) is 0 Å². The van der Waals surface area contributed by atoms with Crippen LogP contribution in [0.25, 0.3) is 11.3 Å². The first-order valence-electron chi connectivity index (χ1n) is 6.85. The van der Waals surface area contributed by atoms with Crippen LogP contribution in [0.2, 0.25) is 0 Å². The average molecular weight is 253 g/mol. The lowest BCUT2D eigenvalue weighted by molar-refractivity contribution is 1.12. The number of aryl methyl sites for hydroxylation is 4. The highest BCUT2D eigenvalue weighted by Gasteiger charge is 2.13. The quantitative estimate of drug-likeness (QED) is 0.704. The second-order valence-corrected chi connectivity index (χ2v) is 5.67. The molecule has 0 fully saturated rings. The molecule has 0 amide bonds. The van der Waals surface area contributed by atoms with Crippen molar-refractivity contribution in [3.05, 3.63) is 51.2 Å². The van der Waals surface area contributed by atoms with E-state index in [0.717, 1.165) is 11.4 Å². The summed E-state index contributed by atoms with van der Waals surface area (Å²) in [5, 5.41) is 0. The molecule has 19 heavy (non-hydrogen) atoms. The minimum Gasteiger partial charge on any atom is -0.253 e. The van der Waals surface area contributed by atoms with Gasteiger partial charge in [0.25, 0.3) is 0 Å². The van der Waals surface area contributed by atoms with Gasteiger partial charge >= 0.3 is 0 Å². The molecule has 0 aliphatic rings. The summed E-state index contributed by atoms with van der Waals surface area (Å²) in [5.74, 6) is 0. The molecule has 100 valence electrons. The van der Waals surface area contributed by atoms with Crippen molar-refractivity contribution in [2.45, 2.75) is 48.5 Å². The molecule has 1 aromatic carbocycles.